The number of nitrogens with one attached hydrogen (secondary N) is 2. The molecule has 5 heteroatoms. The van der Waals surface area contributed by atoms with Crippen molar-refractivity contribution in [1.29, 1.82) is 0 Å². The van der Waals surface area contributed by atoms with Crippen LogP contribution in [0.4, 0.5) is 11.4 Å². The van der Waals surface area contributed by atoms with Gasteiger partial charge >= 0.3 is 0 Å². The topological polar surface area (TPSA) is 62.4 Å². The highest BCUT2D eigenvalue weighted by Crippen LogP contribution is 2.17. The van der Waals surface area contributed by atoms with Crippen molar-refractivity contribution in [2.45, 2.75) is 20.8 Å². The average Bonchev–Trinajstić information content (AvgIpc) is 2.50. The van der Waals surface area contributed by atoms with Crippen LogP contribution in [-0.4, -0.2) is 10.8 Å². The molecule has 0 saturated carbocycles. The lowest BCUT2D eigenvalue weighted by Gasteiger charge is -2.12. The van der Waals surface area contributed by atoms with Gasteiger partial charge in [0.1, 0.15) is 0 Å². The van der Waals surface area contributed by atoms with Gasteiger partial charge in [-0.15, -0.1) is 0 Å². The van der Waals surface area contributed by atoms with Gasteiger partial charge in [-0.25, -0.2) is 0 Å². The van der Waals surface area contributed by atoms with Crippen LogP contribution in [0.5, 0.6) is 0 Å². The SMILES string of the molecule is C/C(=N/NC(=S)Nc1cccc(C)c1C)c1ccc(N)cc1. The Morgan fingerprint density at radius 1 is 1.09 bits per heavy atom. The largest absolute Gasteiger partial charge is 0.399 e. The third-order valence-electron chi connectivity index (χ3n) is 3.51. The Balaban J connectivity index is 2.01. The van der Waals surface area contributed by atoms with Crippen LogP contribution in [0, 0.1) is 13.8 Å². The van der Waals surface area contributed by atoms with Gasteiger partial charge in [-0.3, -0.25) is 5.43 Å². The van der Waals surface area contributed by atoms with Crippen LogP contribution < -0.4 is 16.5 Å². The molecule has 2 aromatic rings. The molecule has 0 aromatic heterocycles. The number of thiocarbonyl (C=S) groups is 1. The Morgan fingerprint density at radius 2 is 1.77 bits per heavy atom. The third kappa shape index (κ3) is 4.05. The highest BCUT2D eigenvalue weighted by Gasteiger charge is 2.03. The zero-order valence-electron chi connectivity index (χ0n) is 13.0. The summed E-state index contributed by atoms with van der Waals surface area (Å²) in [5.41, 5.74) is 14.5. The van der Waals surface area contributed by atoms with Gasteiger partial charge < -0.3 is 11.1 Å². The van der Waals surface area contributed by atoms with Crippen molar-refractivity contribution in [1.82, 2.24) is 5.43 Å². The maximum Gasteiger partial charge on any atom is 0.191 e. The molecular formula is C17H20N4S. The van der Waals surface area contributed by atoms with E-state index in [0.29, 0.717) is 5.11 Å². The number of nitrogens with zero attached hydrogens (tertiary/aromatic N) is 1. The van der Waals surface area contributed by atoms with Gasteiger partial charge in [-0.05, 0) is 67.9 Å². The first-order valence-electron chi connectivity index (χ1n) is 7.01. The molecule has 0 spiro atoms. The second-order valence-corrected chi connectivity index (χ2v) is 5.54. The fourth-order valence-corrected chi connectivity index (χ4v) is 2.12. The molecule has 0 amide bonds. The summed E-state index contributed by atoms with van der Waals surface area (Å²) in [4.78, 5) is 0. The number of aryl methyl sites for hydroxylation is 1. The van der Waals surface area contributed by atoms with E-state index in [-0.39, 0.29) is 0 Å². The predicted octanol–water partition coefficient (Wildman–Crippen LogP) is 3.60. The summed E-state index contributed by atoms with van der Waals surface area (Å²) in [6.07, 6.45) is 0. The maximum absolute atomic E-state index is 5.67. The van der Waals surface area contributed by atoms with Gasteiger partial charge in [0.05, 0.1) is 5.71 Å². The van der Waals surface area contributed by atoms with Crippen molar-refractivity contribution in [3.8, 4) is 0 Å². The van der Waals surface area contributed by atoms with E-state index in [9.17, 15) is 0 Å². The van der Waals surface area contributed by atoms with E-state index in [1.807, 2.05) is 43.3 Å². The minimum Gasteiger partial charge on any atom is -0.399 e. The smallest absolute Gasteiger partial charge is 0.191 e. The fraction of sp³-hybridized carbons (Fsp3) is 0.176. The summed E-state index contributed by atoms with van der Waals surface area (Å²) >= 11 is 5.28. The standard InChI is InChI=1S/C17H20N4S/c1-11-5-4-6-16(12(11)2)19-17(22)21-20-13(3)14-7-9-15(18)10-8-14/h4-10H,18H2,1-3H3,(H2,19,21,22)/b20-13-. The lowest BCUT2D eigenvalue weighted by Crippen LogP contribution is -2.25. The van der Waals surface area contributed by atoms with Crippen molar-refractivity contribution in [2.24, 2.45) is 5.10 Å². The molecule has 114 valence electrons. The highest BCUT2D eigenvalue weighted by molar-refractivity contribution is 7.80. The van der Waals surface area contributed by atoms with Crippen LogP contribution in [-0.2, 0) is 0 Å². The summed E-state index contributed by atoms with van der Waals surface area (Å²) < 4.78 is 0. The quantitative estimate of drug-likeness (QED) is 0.351. The van der Waals surface area contributed by atoms with E-state index in [2.05, 4.69) is 35.8 Å². The molecule has 4 N–H and O–H groups in total. The van der Waals surface area contributed by atoms with Crippen molar-refractivity contribution >= 4 is 34.4 Å². The predicted molar refractivity (Wildman–Crippen MR) is 98.3 cm³/mol. The number of hydrogen-bond acceptors (Lipinski definition) is 3. The zero-order valence-corrected chi connectivity index (χ0v) is 13.8. The van der Waals surface area contributed by atoms with Gasteiger partial charge in [0.2, 0.25) is 0 Å². The first-order chi connectivity index (χ1) is 10.5. The number of nitrogen functional groups attached to an aromatic ring is 1. The average molecular weight is 312 g/mol. The van der Waals surface area contributed by atoms with E-state index in [1.54, 1.807) is 0 Å². The summed E-state index contributed by atoms with van der Waals surface area (Å²) in [5, 5.41) is 7.92. The van der Waals surface area contributed by atoms with Crippen LogP contribution in [0.25, 0.3) is 0 Å². The number of anilines is 2. The van der Waals surface area contributed by atoms with Gasteiger partial charge in [0.25, 0.3) is 0 Å². The molecule has 0 aliphatic carbocycles. The lowest BCUT2D eigenvalue weighted by molar-refractivity contribution is 1.04. The van der Waals surface area contributed by atoms with E-state index in [1.165, 1.54) is 11.1 Å². The van der Waals surface area contributed by atoms with E-state index < -0.39 is 0 Å². The summed E-state index contributed by atoms with van der Waals surface area (Å²) in [7, 11) is 0. The molecule has 0 atom stereocenters. The van der Waals surface area contributed by atoms with Crippen LogP contribution in [0.2, 0.25) is 0 Å². The molecular weight excluding hydrogens is 292 g/mol. The molecule has 0 bridgehead atoms. The molecule has 2 aromatic carbocycles. The Bertz CT molecular complexity index is 705. The molecule has 0 unspecified atom stereocenters. The number of hydrogen-bond donors (Lipinski definition) is 3. The van der Waals surface area contributed by atoms with Gasteiger partial charge in [-0.1, -0.05) is 24.3 Å². The zero-order chi connectivity index (χ0) is 16.1. The summed E-state index contributed by atoms with van der Waals surface area (Å²) in [6.45, 7) is 6.04. The minimum atomic E-state index is 0.462. The van der Waals surface area contributed by atoms with Gasteiger partial charge in [0, 0.05) is 11.4 Å². The van der Waals surface area contributed by atoms with E-state index >= 15 is 0 Å². The van der Waals surface area contributed by atoms with Crippen LogP contribution in [0.3, 0.4) is 0 Å². The lowest BCUT2D eigenvalue weighted by atomic mass is 10.1. The normalized spacial score (nSPS) is 11.1. The first-order valence-corrected chi connectivity index (χ1v) is 7.41. The van der Waals surface area contributed by atoms with Crippen molar-refractivity contribution < 1.29 is 0 Å². The van der Waals surface area contributed by atoms with E-state index in [0.717, 1.165) is 22.6 Å². The Labute approximate surface area is 136 Å². The highest BCUT2D eigenvalue weighted by atomic mass is 32.1. The Morgan fingerprint density at radius 3 is 2.45 bits per heavy atom. The van der Waals surface area contributed by atoms with Crippen LogP contribution in [0.15, 0.2) is 47.6 Å². The van der Waals surface area contributed by atoms with Crippen molar-refractivity contribution in [3.05, 3.63) is 59.2 Å². The number of nitrogens with two attached hydrogens (primary N) is 1. The minimum absolute atomic E-state index is 0.462. The Hall–Kier alpha value is -2.40. The second-order valence-electron chi connectivity index (χ2n) is 5.13. The monoisotopic (exact) mass is 312 g/mol. The molecule has 0 radical (unpaired) electrons. The van der Waals surface area contributed by atoms with Gasteiger partial charge in [0.15, 0.2) is 5.11 Å². The summed E-state index contributed by atoms with van der Waals surface area (Å²) in [5.74, 6) is 0. The Kier molecular flexibility index (Phi) is 5.12. The van der Waals surface area contributed by atoms with Crippen LogP contribution >= 0.6 is 12.2 Å². The molecule has 0 aliphatic heterocycles. The number of hydrazone groups is 1. The van der Waals surface area contributed by atoms with Crippen molar-refractivity contribution in [2.75, 3.05) is 11.1 Å². The van der Waals surface area contributed by atoms with Crippen LogP contribution in [0.1, 0.15) is 23.6 Å². The third-order valence-corrected chi connectivity index (χ3v) is 3.70. The molecule has 0 heterocycles. The molecule has 0 fully saturated rings. The molecule has 22 heavy (non-hydrogen) atoms. The van der Waals surface area contributed by atoms with E-state index in [4.69, 9.17) is 18.0 Å². The summed E-state index contributed by atoms with van der Waals surface area (Å²) in [6, 6.07) is 13.6. The number of rotatable bonds is 3. The molecule has 0 aliphatic rings. The second kappa shape index (κ2) is 7.04. The molecule has 0 saturated heterocycles. The molecule has 2 rings (SSSR count). The molecule has 4 nitrogen and oxygen atoms in total. The fourth-order valence-electron chi connectivity index (χ4n) is 1.96. The van der Waals surface area contributed by atoms with Crippen molar-refractivity contribution in [3.63, 3.8) is 0 Å². The first kappa shape index (κ1) is 16.0. The number of benzene rings is 2. The van der Waals surface area contributed by atoms with Gasteiger partial charge in [-0.2, -0.15) is 5.10 Å². The maximum atomic E-state index is 5.67.